The summed E-state index contributed by atoms with van der Waals surface area (Å²) < 4.78 is 6.88. The first-order valence-electron chi connectivity index (χ1n) is 6.12. The number of carbonyl (C=O) groups excluding carboxylic acids is 1. The molecule has 100 valence electrons. The van der Waals surface area contributed by atoms with Crippen molar-refractivity contribution in [2.75, 3.05) is 12.4 Å². The van der Waals surface area contributed by atoms with E-state index in [1.165, 1.54) is 0 Å². The Morgan fingerprint density at radius 3 is 3.00 bits per heavy atom. The maximum absolute atomic E-state index is 11.9. The fraction of sp³-hybridized carbons (Fsp3) is 0.286. The van der Waals surface area contributed by atoms with Crippen molar-refractivity contribution in [1.29, 1.82) is 0 Å². The number of ether oxygens (including phenoxy) is 1. The second-order valence-electron chi connectivity index (χ2n) is 4.32. The molecule has 0 saturated heterocycles. The lowest BCUT2D eigenvalue weighted by molar-refractivity contribution is -0.116. The lowest BCUT2D eigenvalue weighted by Gasteiger charge is -2.12. The fourth-order valence-electron chi connectivity index (χ4n) is 1.82. The van der Waals surface area contributed by atoms with Gasteiger partial charge in [0, 0.05) is 30.6 Å². The first kappa shape index (κ1) is 13.1. The summed E-state index contributed by atoms with van der Waals surface area (Å²) in [4.78, 5) is 11.9. The van der Waals surface area contributed by atoms with E-state index in [-0.39, 0.29) is 11.9 Å². The second kappa shape index (κ2) is 6.04. The zero-order valence-electron chi connectivity index (χ0n) is 11.0. The highest BCUT2D eigenvalue weighted by atomic mass is 16.5. The number of hydrogen-bond acceptors (Lipinski definition) is 3. The molecule has 19 heavy (non-hydrogen) atoms. The summed E-state index contributed by atoms with van der Waals surface area (Å²) >= 11 is 0. The Bertz CT molecular complexity index is 537. The van der Waals surface area contributed by atoms with Crippen molar-refractivity contribution in [3.8, 4) is 5.75 Å². The van der Waals surface area contributed by atoms with E-state index in [4.69, 9.17) is 4.74 Å². The maximum atomic E-state index is 11.9. The molecule has 1 amide bonds. The van der Waals surface area contributed by atoms with Gasteiger partial charge in [-0.05, 0) is 25.1 Å². The number of aromatic nitrogens is 2. The Hall–Kier alpha value is -2.30. The van der Waals surface area contributed by atoms with Crippen LogP contribution in [0.3, 0.4) is 0 Å². The fourth-order valence-corrected chi connectivity index (χ4v) is 1.82. The topological polar surface area (TPSA) is 56.1 Å². The molecule has 2 rings (SSSR count). The SMILES string of the molecule is COc1cccc(NC(=O)CC(C)n2cccn2)c1. The van der Waals surface area contributed by atoms with Crippen LogP contribution in [0.2, 0.25) is 0 Å². The number of nitrogens with zero attached hydrogens (tertiary/aromatic N) is 2. The molecule has 0 aliphatic rings. The molecular formula is C14H17N3O2. The summed E-state index contributed by atoms with van der Waals surface area (Å²) in [5, 5.41) is 6.97. The predicted octanol–water partition coefficient (Wildman–Crippen LogP) is 2.48. The van der Waals surface area contributed by atoms with Gasteiger partial charge in [-0.3, -0.25) is 9.48 Å². The summed E-state index contributed by atoms with van der Waals surface area (Å²) in [6, 6.07) is 9.17. The zero-order chi connectivity index (χ0) is 13.7. The molecule has 1 N–H and O–H groups in total. The van der Waals surface area contributed by atoms with E-state index >= 15 is 0 Å². The minimum absolute atomic E-state index is 0.0283. The van der Waals surface area contributed by atoms with Gasteiger partial charge < -0.3 is 10.1 Å². The van der Waals surface area contributed by atoms with Gasteiger partial charge >= 0.3 is 0 Å². The third-order valence-corrected chi connectivity index (χ3v) is 2.81. The number of methoxy groups -OCH3 is 1. The highest BCUT2D eigenvalue weighted by Gasteiger charge is 2.11. The Morgan fingerprint density at radius 2 is 2.32 bits per heavy atom. The lowest BCUT2D eigenvalue weighted by atomic mass is 10.2. The molecule has 0 saturated carbocycles. The van der Waals surface area contributed by atoms with E-state index in [0.29, 0.717) is 6.42 Å². The Morgan fingerprint density at radius 1 is 1.47 bits per heavy atom. The van der Waals surface area contributed by atoms with Gasteiger partial charge in [0.2, 0.25) is 5.91 Å². The Balaban J connectivity index is 1.93. The molecule has 0 aliphatic carbocycles. The molecule has 0 spiro atoms. The van der Waals surface area contributed by atoms with Crippen LogP contribution in [-0.4, -0.2) is 22.8 Å². The number of amides is 1. The van der Waals surface area contributed by atoms with E-state index in [9.17, 15) is 4.79 Å². The summed E-state index contributed by atoms with van der Waals surface area (Å²) in [5.74, 6) is 0.675. The van der Waals surface area contributed by atoms with Gasteiger partial charge in [-0.1, -0.05) is 6.07 Å². The van der Waals surface area contributed by atoms with Gasteiger partial charge in [-0.25, -0.2) is 0 Å². The molecule has 1 aromatic carbocycles. The first-order chi connectivity index (χ1) is 9.19. The number of hydrogen-bond donors (Lipinski definition) is 1. The minimum Gasteiger partial charge on any atom is -0.497 e. The van der Waals surface area contributed by atoms with Crippen LogP contribution in [-0.2, 0) is 4.79 Å². The molecule has 5 nitrogen and oxygen atoms in total. The van der Waals surface area contributed by atoms with E-state index in [0.717, 1.165) is 11.4 Å². The highest BCUT2D eigenvalue weighted by molar-refractivity contribution is 5.91. The molecule has 1 unspecified atom stereocenters. The van der Waals surface area contributed by atoms with Crippen molar-refractivity contribution in [3.05, 3.63) is 42.7 Å². The molecule has 0 bridgehead atoms. The molecular weight excluding hydrogens is 242 g/mol. The molecule has 1 atom stereocenters. The van der Waals surface area contributed by atoms with Gasteiger partial charge in [-0.2, -0.15) is 5.10 Å². The van der Waals surface area contributed by atoms with Crippen LogP contribution in [0.25, 0.3) is 0 Å². The largest absolute Gasteiger partial charge is 0.497 e. The Labute approximate surface area is 112 Å². The lowest BCUT2D eigenvalue weighted by Crippen LogP contribution is -2.17. The third-order valence-electron chi connectivity index (χ3n) is 2.81. The third kappa shape index (κ3) is 3.58. The molecule has 0 aliphatic heterocycles. The Kier molecular flexibility index (Phi) is 4.18. The van der Waals surface area contributed by atoms with Crippen LogP contribution in [0.4, 0.5) is 5.69 Å². The second-order valence-corrected chi connectivity index (χ2v) is 4.32. The number of benzene rings is 1. The van der Waals surface area contributed by atoms with Gasteiger partial charge in [-0.15, -0.1) is 0 Å². The molecule has 2 aromatic rings. The van der Waals surface area contributed by atoms with Crippen LogP contribution < -0.4 is 10.1 Å². The summed E-state index contributed by atoms with van der Waals surface area (Å²) in [5.41, 5.74) is 0.733. The number of carbonyl (C=O) groups is 1. The van der Waals surface area contributed by atoms with Crippen molar-refractivity contribution >= 4 is 11.6 Å². The standard InChI is InChI=1S/C14H17N3O2/c1-11(17-8-4-7-15-17)9-14(18)16-12-5-3-6-13(10-12)19-2/h3-8,10-11H,9H2,1-2H3,(H,16,18). The normalized spacial score (nSPS) is 11.9. The van der Waals surface area contributed by atoms with Crippen LogP contribution in [0.5, 0.6) is 5.75 Å². The number of rotatable bonds is 5. The van der Waals surface area contributed by atoms with Crippen molar-refractivity contribution in [1.82, 2.24) is 9.78 Å². The molecule has 1 heterocycles. The van der Waals surface area contributed by atoms with Gasteiger partial charge in [0.05, 0.1) is 13.2 Å². The van der Waals surface area contributed by atoms with Gasteiger partial charge in [0.25, 0.3) is 0 Å². The highest BCUT2D eigenvalue weighted by Crippen LogP contribution is 2.18. The minimum atomic E-state index is -0.0451. The molecule has 0 radical (unpaired) electrons. The zero-order valence-corrected chi connectivity index (χ0v) is 11.0. The average molecular weight is 259 g/mol. The molecule has 0 fully saturated rings. The summed E-state index contributed by atoms with van der Waals surface area (Å²) in [6.45, 7) is 1.96. The molecule has 1 aromatic heterocycles. The van der Waals surface area contributed by atoms with Crippen LogP contribution in [0.1, 0.15) is 19.4 Å². The molecule has 5 heteroatoms. The average Bonchev–Trinajstić information content (AvgIpc) is 2.92. The van der Waals surface area contributed by atoms with Gasteiger partial charge in [0.15, 0.2) is 0 Å². The predicted molar refractivity (Wildman–Crippen MR) is 73.2 cm³/mol. The monoisotopic (exact) mass is 259 g/mol. The van der Waals surface area contributed by atoms with E-state index in [1.807, 2.05) is 37.4 Å². The van der Waals surface area contributed by atoms with Crippen molar-refractivity contribution in [2.24, 2.45) is 0 Å². The van der Waals surface area contributed by atoms with E-state index in [2.05, 4.69) is 10.4 Å². The quantitative estimate of drug-likeness (QED) is 0.897. The summed E-state index contributed by atoms with van der Waals surface area (Å²) in [6.07, 6.45) is 3.93. The number of nitrogens with one attached hydrogen (secondary N) is 1. The van der Waals surface area contributed by atoms with Crippen molar-refractivity contribution in [3.63, 3.8) is 0 Å². The smallest absolute Gasteiger partial charge is 0.226 e. The van der Waals surface area contributed by atoms with E-state index < -0.39 is 0 Å². The first-order valence-corrected chi connectivity index (χ1v) is 6.12. The van der Waals surface area contributed by atoms with Crippen LogP contribution >= 0.6 is 0 Å². The van der Waals surface area contributed by atoms with Crippen molar-refractivity contribution in [2.45, 2.75) is 19.4 Å². The number of anilines is 1. The summed E-state index contributed by atoms with van der Waals surface area (Å²) in [7, 11) is 1.60. The van der Waals surface area contributed by atoms with Crippen molar-refractivity contribution < 1.29 is 9.53 Å². The van der Waals surface area contributed by atoms with Crippen LogP contribution in [0.15, 0.2) is 42.7 Å². The van der Waals surface area contributed by atoms with Crippen LogP contribution in [0, 0.1) is 0 Å². The maximum Gasteiger partial charge on any atom is 0.226 e. The van der Waals surface area contributed by atoms with E-state index in [1.54, 1.807) is 24.1 Å². The van der Waals surface area contributed by atoms with Gasteiger partial charge in [0.1, 0.15) is 5.75 Å².